The van der Waals surface area contributed by atoms with Gasteiger partial charge < -0.3 is 15.0 Å². The van der Waals surface area contributed by atoms with Crippen molar-refractivity contribution >= 4 is 43.0 Å². The van der Waals surface area contributed by atoms with Crippen LogP contribution in [0, 0.1) is 0 Å². The second kappa shape index (κ2) is 9.76. The van der Waals surface area contributed by atoms with Gasteiger partial charge in [-0.05, 0) is 61.7 Å². The maximum Gasteiger partial charge on any atom is 0.241 e. The van der Waals surface area contributed by atoms with E-state index in [4.69, 9.17) is 9.88 Å². The molecule has 174 valence electrons. The first-order chi connectivity index (χ1) is 15.1. The molecule has 1 aliphatic rings. The fourth-order valence-electron chi connectivity index (χ4n) is 3.45. The second-order valence-electron chi connectivity index (χ2n) is 7.41. The molecule has 10 nitrogen and oxygen atoms in total. The summed E-state index contributed by atoms with van der Waals surface area (Å²) in [5.41, 5.74) is 1.44. The molecule has 0 radical (unpaired) electrons. The van der Waals surface area contributed by atoms with E-state index in [-0.39, 0.29) is 16.3 Å². The van der Waals surface area contributed by atoms with Crippen LogP contribution < -0.4 is 24.8 Å². The van der Waals surface area contributed by atoms with Crippen LogP contribution in [0.3, 0.4) is 0 Å². The minimum Gasteiger partial charge on any atom is -0.495 e. The summed E-state index contributed by atoms with van der Waals surface area (Å²) in [7, 11) is -6.81. The van der Waals surface area contributed by atoms with E-state index in [1.807, 2.05) is 12.1 Å². The summed E-state index contributed by atoms with van der Waals surface area (Å²) in [6.45, 7) is 1.95. The zero-order valence-electron chi connectivity index (χ0n) is 17.6. The molecule has 2 aromatic carbocycles. The second-order valence-corrected chi connectivity index (χ2v) is 10.7. The number of rotatable bonds is 8. The number of hydrogen-bond donors (Lipinski definition) is 3. The molecule has 32 heavy (non-hydrogen) atoms. The fourth-order valence-corrected chi connectivity index (χ4v) is 5.16. The number of nitrogens with one attached hydrogen (secondary N) is 2. The molecule has 0 bridgehead atoms. The Kier molecular flexibility index (Phi) is 7.26. The van der Waals surface area contributed by atoms with Crippen LogP contribution in [-0.2, 0) is 24.8 Å². The summed E-state index contributed by atoms with van der Waals surface area (Å²) in [5.74, 6) is -1.68. The van der Waals surface area contributed by atoms with Crippen molar-refractivity contribution in [2.75, 3.05) is 40.9 Å². The van der Waals surface area contributed by atoms with Gasteiger partial charge in [-0.25, -0.2) is 22.0 Å². The van der Waals surface area contributed by atoms with Crippen LogP contribution in [0.2, 0.25) is 0 Å². The molecule has 1 heterocycles. The molecule has 3 rings (SSSR count). The van der Waals surface area contributed by atoms with Gasteiger partial charge in [0.2, 0.25) is 26.0 Å². The standard InChI is InChI=1S/C20H26N4O6S2/c1-30-18-10-7-16(13-19(18)32(21,28)29)22-20(25)14-31(26,27)23-15-5-8-17(9-6-15)24-11-3-2-4-12-24/h5-10,13,23H,2-4,11-12,14H2,1H3,(H,22,25)(H2,21,28,29). The van der Waals surface area contributed by atoms with Gasteiger partial charge in [0.1, 0.15) is 16.4 Å². The smallest absolute Gasteiger partial charge is 0.241 e. The van der Waals surface area contributed by atoms with E-state index < -0.39 is 31.7 Å². The van der Waals surface area contributed by atoms with Gasteiger partial charge in [0.15, 0.2) is 0 Å². The molecule has 4 N–H and O–H groups in total. The van der Waals surface area contributed by atoms with Crippen molar-refractivity contribution < 1.29 is 26.4 Å². The van der Waals surface area contributed by atoms with E-state index in [0.717, 1.165) is 37.7 Å². The summed E-state index contributed by atoms with van der Waals surface area (Å²) >= 11 is 0. The first kappa shape index (κ1) is 23.8. The lowest BCUT2D eigenvalue weighted by atomic mass is 10.1. The van der Waals surface area contributed by atoms with Crippen molar-refractivity contribution in [2.24, 2.45) is 5.14 Å². The summed E-state index contributed by atoms with van der Waals surface area (Å²) in [6, 6.07) is 10.8. The van der Waals surface area contributed by atoms with Gasteiger partial charge in [0, 0.05) is 30.2 Å². The molecule has 12 heteroatoms. The zero-order chi connectivity index (χ0) is 23.4. The number of piperidine rings is 1. The van der Waals surface area contributed by atoms with Crippen LogP contribution in [0.4, 0.5) is 17.1 Å². The number of methoxy groups -OCH3 is 1. The molecule has 0 atom stereocenters. The van der Waals surface area contributed by atoms with Crippen LogP contribution in [0.25, 0.3) is 0 Å². The lowest BCUT2D eigenvalue weighted by Gasteiger charge is -2.28. The Hall–Kier alpha value is -2.83. The molecular formula is C20H26N4O6S2. The maximum absolute atomic E-state index is 12.4. The zero-order valence-corrected chi connectivity index (χ0v) is 19.2. The van der Waals surface area contributed by atoms with Crippen LogP contribution in [-0.4, -0.2) is 48.7 Å². The Morgan fingerprint density at radius 3 is 2.22 bits per heavy atom. The van der Waals surface area contributed by atoms with Gasteiger partial charge in [-0.2, -0.15) is 0 Å². The van der Waals surface area contributed by atoms with Gasteiger partial charge >= 0.3 is 0 Å². The van der Waals surface area contributed by atoms with Gasteiger partial charge in [-0.3, -0.25) is 9.52 Å². The van der Waals surface area contributed by atoms with Gasteiger partial charge in [-0.1, -0.05) is 0 Å². The van der Waals surface area contributed by atoms with E-state index in [2.05, 4.69) is 14.9 Å². The maximum atomic E-state index is 12.4. The molecule has 1 amide bonds. The number of nitrogens with two attached hydrogens (primary N) is 1. The number of ether oxygens (including phenoxy) is 1. The summed E-state index contributed by atoms with van der Waals surface area (Å²) < 4.78 is 55.5. The Morgan fingerprint density at radius 2 is 1.62 bits per heavy atom. The van der Waals surface area contributed by atoms with Crippen molar-refractivity contribution in [1.29, 1.82) is 0 Å². The number of hydrogen-bond acceptors (Lipinski definition) is 7. The molecule has 0 spiro atoms. The van der Waals surface area contributed by atoms with Crippen LogP contribution in [0.15, 0.2) is 47.4 Å². The van der Waals surface area contributed by atoms with Crippen molar-refractivity contribution in [3.63, 3.8) is 0 Å². The topological polar surface area (TPSA) is 148 Å². The minimum atomic E-state index is -4.10. The molecule has 0 aliphatic carbocycles. The molecule has 0 saturated carbocycles. The average molecular weight is 483 g/mol. The average Bonchev–Trinajstić information content (AvgIpc) is 2.73. The summed E-state index contributed by atoms with van der Waals surface area (Å²) in [6.07, 6.45) is 3.49. The highest BCUT2D eigenvalue weighted by Gasteiger charge is 2.20. The van der Waals surface area contributed by atoms with Crippen LogP contribution >= 0.6 is 0 Å². The van der Waals surface area contributed by atoms with Gasteiger partial charge in [0.25, 0.3) is 0 Å². The number of amides is 1. The van der Waals surface area contributed by atoms with Gasteiger partial charge in [-0.15, -0.1) is 0 Å². The Morgan fingerprint density at radius 1 is 1.00 bits per heavy atom. The number of sulfonamides is 2. The Balaban J connectivity index is 1.63. The van der Waals surface area contributed by atoms with Crippen molar-refractivity contribution in [1.82, 2.24) is 0 Å². The quantitative estimate of drug-likeness (QED) is 0.519. The number of anilines is 3. The van der Waals surface area contributed by atoms with E-state index in [1.165, 1.54) is 25.7 Å². The highest BCUT2D eigenvalue weighted by molar-refractivity contribution is 7.93. The lowest BCUT2D eigenvalue weighted by Crippen LogP contribution is -2.29. The molecular weight excluding hydrogens is 456 g/mol. The molecule has 1 aliphatic heterocycles. The highest BCUT2D eigenvalue weighted by Crippen LogP contribution is 2.26. The van der Waals surface area contributed by atoms with Crippen LogP contribution in [0.5, 0.6) is 5.75 Å². The Labute approximate surface area is 187 Å². The van der Waals surface area contributed by atoms with E-state index in [1.54, 1.807) is 12.1 Å². The van der Waals surface area contributed by atoms with Crippen molar-refractivity contribution in [3.8, 4) is 5.75 Å². The number of benzene rings is 2. The predicted molar refractivity (Wildman–Crippen MR) is 123 cm³/mol. The molecule has 0 aromatic heterocycles. The first-order valence-electron chi connectivity index (χ1n) is 9.93. The first-order valence-corrected chi connectivity index (χ1v) is 13.1. The molecule has 1 fully saturated rings. The van der Waals surface area contributed by atoms with Crippen molar-refractivity contribution in [2.45, 2.75) is 24.2 Å². The third kappa shape index (κ3) is 6.34. The third-order valence-corrected chi connectivity index (χ3v) is 7.06. The number of nitrogens with zero attached hydrogens (tertiary/aromatic N) is 1. The van der Waals surface area contributed by atoms with E-state index >= 15 is 0 Å². The van der Waals surface area contributed by atoms with Crippen LogP contribution in [0.1, 0.15) is 19.3 Å². The Bertz CT molecular complexity index is 1180. The minimum absolute atomic E-state index is 0.00721. The van der Waals surface area contributed by atoms with Gasteiger partial charge in [0.05, 0.1) is 7.11 Å². The monoisotopic (exact) mass is 482 g/mol. The summed E-state index contributed by atoms with van der Waals surface area (Å²) in [4.78, 5) is 14.2. The fraction of sp³-hybridized carbons (Fsp3) is 0.350. The third-order valence-electron chi connectivity index (χ3n) is 4.94. The molecule has 1 saturated heterocycles. The largest absolute Gasteiger partial charge is 0.495 e. The molecule has 0 unspecified atom stereocenters. The number of carbonyl (C=O) groups excluding carboxylic acids is 1. The van der Waals surface area contributed by atoms with Crippen molar-refractivity contribution in [3.05, 3.63) is 42.5 Å². The normalized spacial score (nSPS) is 14.6. The number of primary sulfonamides is 1. The molecule has 2 aromatic rings. The SMILES string of the molecule is COc1ccc(NC(=O)CS(=O)(=O)Nc2ccc(N3CCCCC3)cc2)cc1S(N)(=O)=O. The lowest BCUT2D eigenvalue weighted by molar-refractivity contribution is -0.113. The predicted octanol–water partition coefficient (Wildman–Crippen LogP) is 1.71. The van der Waals surface area contributed by atoms with E-state index in [9.17, 15) is 21.6 Å². The summed E-state index contributed by atoms with van der Waals surface area (Å²) in [5, 5.41) is 7.51. The van der Waals surface area contributed by atoms with E-state index in [0.29, 0.717) is 5.69 Å². The number of carbonyl (C=O) groups is 1. The highest BCUT2D eigenvalue weighted by atomic mass is 32.2.